The Morgan fingerprint density at radius 2 is 1.88 bits per heavy atom. The van der Waals surface area contributed by atoms with Crippen molar-refractivity contribution in [3.8, 4) is 0 Å². The zero-order valence-electron chi connectivity index (χ0n) is 15.1. The van der Waals surface area contributed by atoms with Gasteiger partial charge >= 0.3 is 11.9 Å². The standard InChI is InChI=1S/C17H22N2O6S/c1-5-24-17(23)12-9(3)13(14(21)18-4)26-15(12)19-11(20)7-25-16(22)10-6-8(10)2/h8,10H,5-7H2,1-4H3,(H,18,21)(H,19,20)/t8-,10-/m1/s1. The van der Waals surface area contributed by atoms with E-state index < -0.39 is 24.5 Å². The molecule has 1 saturated carbocycles. The molecule has 0 spiro atoms. The third-order valence-corrected chi connectivity index (χ3v) is 5.28. The van der Waals surface area contributed by atoms with Gasteiger partial charge in [0.05, 0.1) is 23.0 Å². The van der Waals surface area contributed by atoms with Crippen LogP contribution in [0.3, 0.4) is 0 Å². The van der Waals surface area contributed by atoms with E-state index in [4.69, 9.17) is 9.47 Å². The normalized spacial score (nSPS) is 18.0. The van der Waals surface area contributed by atoms with E-state index in [1.54, 1.807) is 13.8 Å². The minimum absolute atomic E-state index is 0.131. The first-order valence-corrected chi connectivity index (χ1v) is 9.10. The summed E-state index contributed by atoms with van der Waals surface area (Å²) in [7, 11) is 1.47. The van der Waals surface area contributed by atoms with E-state index in [1.165, 1.54) is 7.05 Å². The summed E-state index contributed by atoms with van der Waals surface area (Å²) in [5.74, 6) is -1.82. The number of hydrogen-bond donors (Lipinski definition) is 2. The Balaban J connectivity index is 2.13. The highest BCUT2D eigenvalue weighted by atomic mass is 32.1. The number of rotatable bonds is 7. The third-order valence-electron chi connectivity index (χ3n) is 4.07. The number of anilines is 1. The average Bonchev–Trinajstić information content (AvgIpc) is 3.24. The quantitative estimate of drug-likeness (QED) is 0.695. The second-order valence-corrected chi connectivity index (χ2v) is 7.06. The van der Waals surface area contributed by atoms with Crippen LogP contribution in [0.15, 0.2) is 0 Å². The third kappa shape index (κ3) is 4.40. The van der Waals surface area contributed by atoms with Crippen LogP contribution in [-0.4, -0.2) is 44.0 Å². The largest absolute Gasteiger partial charge is 0.462 e. The van der Waals surface area contributed by atoms with Crippen LogP contribution in [0, 0.1) is 18.8 Å². The summed E-state index contributed by atoms with van der Waals surface area (Å²) in [5.41, 5.74) is 0.554. The topological polar surface area (TPSA) is 111 Å². The number of nitrogens with one attached hydrogen (secondary N) is 2. The van der Waals surface area contributed by atoms with Crippen LogP contribution in [-0.2, 0) is 19.1 Å². The van der Waals surface area contributed by atoms with Gasteiger partial charge < -0.3 is 20.1 Å². The van der Waals surface area contributed by atoms with Gasteiger partial charge in [-0.3, -0.25) is 14.4 Å². The molecule has 0 aliphatic heterocycles. The highest BCUT2D eigenvalue weighted by Crippen LogP contribution is 2.38. The van der Waals surface area contributed by atoms with Crippen LogP contribution in [0.4, 0.5) is 5.00 Å². The number of ether oxygens (including phenoxy) is 2. The monoisotopic (exact) mass is 382 g/mol. The minimum Gasteiger partial charge on any atom is -0.462 e. The Morgan fingerprint density at radius 1 is 1.23 bits per heavy atom. The predicted octanol–water partition coefficient (Wildman–Crippen LogP) is 1.73. The molecule has 1 heterocycles. The lowest BCUT2D eigenvalue weighted by molar-refractivity contribution is -0.148. The summed E-state index contributed by atoms with van der Waals surface area (Å²) in [6, 6.07) is 0. The van der Waals surface area contributed by atoms with Crippen LogP contribution in [0.5, 0.6) is 0 Å². The molecule has 0 unspecified atom stereocenters. The molecule has 0 radical (unpaired) electrons. The van der Waals surface area contributed by atoms with E-state index in [-0.39, 0.29) is 34.9 Å². The van der Waals surface area contributed by atoms with Gasteiger partial charge in [-0.1, -0.05) is 6.92 Å². The molecule has 1 aliphatic rings. The van der Waals surface area contributed by atoms with Crippen molar-refractivity contribution in [1.82, 2.24) is 5.32 Å². The maximum Gasteiger partial charge on any atom is 0.341 e. The van der Waals surface area contributed by atoms with Crippen LogP contribution >= 0.6 is 11.3 Å². The van der Waals surface area contributed by atoms with Crippen molar-refractivity contribution in [1.29, 1.82) is 0 Å². The van der Waals surface area contributed by atoms with Gasteiger partial charge in [-0.2, -0.15) is 0 Å². The Kier molecular flexibility index (Phi) is 6.36. The Hall–Kier alpha value is -2.42. The second-order valence-electron chi connectivity index (χ2n) is 6.04. The lowest BCUT2D eigenvalue weighted by atomic mass is 10.1. The zero-order chi connectivity index (χ0) is 19.4. The Bertz CT molecular complexity index is 742. The first kappa shape index (κ1) is 19.9. The van der Waals surface area contributed by atoms with Gasteiger partial charge in [-0.15, -0.1) is 11.3 Å². The Labute approximate surface area is 155 Å². The number of esters is 2. The van der Waals surface area contributed by atoms with Gasteiger partial charge in [0.1, 0.15) is 5.00 Å². The molecule has 8 nitrogen and oxygen atoms in total. The van der Waals surface area contributed by atoms with Crippen LogP contribution in [0.2, 0.25) is 0 Å². The molecule has 0 bridgehead atoms. The summed E-state index contributed by atoms with van der Waals surface area (Å²) in [6.45, 7) is 4.92. The summed E-state index contributed by atoms with van der Waals surface area (Å²) < 4.78 is 9.99. The van der Waals surface area contributed by atoms with Gasteiger partial charge in [0, 0.05) is 7.05 Å². The first-order chi connectivity index (χ1) is 12.3. The fourth-order valence-corrected chi connectivity index (χ4v) is 3.60. The van der Waals surface area contributed by atoms with Crippen molar-refractivity contribution in [3.63, 3.8) is 0 Å². The molecule has 1 aromatic heterocycles. The predicted molar refractivity (Wildman–Crippen MR) is 95.3 cm³/mol. The summed E-state index contributed by atoms with van der Waals surface area (Å²) in [4.78, 5) is 48.3. The number of carbonyl (C=O) groups is 4. The van der Waals surface area contributed by atoms with E-state index in [1.807, 2.05) is 6.92 Å². The van der Waals surface area contributed by atoms with Crippen molar-refractivity contribution in [2.75, 3.05) is 25.6 Å². The second kappa shape index (κ2) is 8.31. The average molecular weight is 382 g/mol. The molecule has 2 atom stereocenters. The highest BCUT2D eigenvalue weighted by Gasteiger charge is 2.40. The number of hydrogen-bond acceptors (Lipinski definition) is 7. The molecular formula is C17H22N2O6S. The van der Waals surface area contributed by atoms with Crippen LogP contribution in [0.1, 0.15) is 45.9 Å². The molecule has 2 N–H and O–H groups in total. The van der Waals surface area contributed by atoms with Gasteiger partial charge in [0.15, 0.2) is 6.61 Å². The van der Waals surface area contributed by atoms with Gasteiger partial charge in [-0.05, 0) is 31.7 Å². The smallest absolute Gasteiger partial charge is 0.341 e. The maximum atomic E-state index is 12.2. The summed E-state index contributed by atoms with van der Waals surface area (Å²) in [5, 5.41) is 5.22. The van der Waals surface area contributed by atoms with E-state index in [9.17, 15) is 19.2 Å². The fraction of sp³-hybridized carbons (Fsp3) is 0.529. The maximum absolute atomic E-state index is 12.2. The Morgan fingerprint density at radius 3 is 2.42 bits per heavy atom. The molecule has 2 amide bonds. The van der Waals surface area contributed by atoms with E-state index >= 15 is 0 Å². The van der Waals surface area contributed by atoms with Crippen molar-refractivity contribution in [3.05, 3.63) is 16.0 Å². The molecule has 0 saturated heterocycles. The summed E-state index contributed by atoms with van der Waals surface area (Å²) in [6.07, 6.45) is 0.771. The molecular weight excluding hydrogens is 360 g/mol. The molecule has 0 aromatic carbocycles. The van der Waals surface area contributed by atoms with Crippen LogP contribution in [0.25, 0.3) is 0 Å². The van der Waals surface area contributed by atoms with E-state index in [0.29, 0.717) is 10.4 Å². The number of carbonyl (C=O) groups excluding carboxylic acids is 4. The minimum atomic E-state index is -0.629. The highest BCUT2D eigenvalue weighted by molar-refractivity contribution is 7.18. The fourth-order valence-electron chi connectivity index (χ4n) is 2.44. The van der Waals surface area contributed by atoms with Crippen LogP contribution < -0.4 is 10.6 Å². The summed E-state index contributed by atoms with van der Waals surface area (Å²) >= 11 is 0.969. The molecule has 1 aliphatic carbocycles. The van der Waals surface area contributed by atoms with Gasteiger partial charge in [0.2, 0.25) is 0 Å². The molecule has 1 fully saturated rings. The van der Waals surface area contributed by atoms with E-state index in [2.05, 4.69) is 10.6 Å². The molecule has 142 valence electrons. The van der Waals surface area contributed by atoms with E-state index in [0.717, 1.165) is 17.8 Å². The van der Waals surface area contributed by atoms with Crippen molar-refractivity contribution >= 4 is 40.1 Å². The lowest BCUT2D eigenvalue weighted by Gasteiger charge is -2.07. The number of thiophene rings is 1. The molecule has 9 heteroatoms. The van der Waals surface area contributed by atoms with Gasteiger partial charge in [-0.25, -0.2) is 4.79 Å². The van der Waals surface area contributed by atoms with Crippen molar-refractivity contribution < 1.29 is 28.7 Å². The zero-order valence-corrected chi connectivity index (χ0v) is 16.0. The first-order valence-electron chi connectivity index (χ1n) is 8.29. The number of amides is 2. The van der Waals surface area contributed by atoms with Gasteiger partial charge in [0.25, 0.3) is 11.8 Å². The van der Waals surface area contributed by atoms with Crippen molar-refractivity contribution in [2.45, 2.75) is 27.2 Å². The SMILES string of the molecule is CCOC(=O)c1c(NC(=O)COC(=O)[C@@H]2C[C@H]2C)sc(C(=O)NC)c1C. The molecule has 26 heavy (non-hydrogen) atoms. The lowest BCUT2D eigenvalue weighted by Crippen LogP contribution is -2.22. The van der Waals surface area contributed by atoms with Crippen molar-refractivity contribution in [2.24, 2.45) is 11.8 Å². The molecule has 2 rings (SSSR count). The molecule has 1 aromatic rings.